The molecule has 0 spiro atoms. The predicted molar refractivity (Wildman–Crippen MR) is 177 cm³/mol. The summed E-state index contributed by atoms with van der Waals surface area (Å²) in [4.78, 5) is 37.3. The first kappa shape index (κ1) is 38.8. The zero-order chi connectivity index (χ0) is 35.4. The summed E-state index contributed by atoms with van der Waals surface area (Å²) in [6.07, 6.45) is -1.81. The van der Waals surface area contributed by atoms with Crippen LogP contribution in [0.25, 0.3) is 0 Å². The minimum absolute atomic E-state index is 0.0400. The lowest BCUT2D eigenvalue weighted by atomic mass is 9.75. The van der Waals surface area contributed by atoms with Crippen molar-refractivity contribution in [2.24, 2.45) is 5.92 Å². The topological polar surface area (TPSA) is 147 Å². The molecule has 2 aliphatic heterocycles. The van der Waals surface area contributed by atoms with E-state index in [1.807, 2.05) is 50.3 Å². The number of rotatable bonds is 15. The van der Waals surface area contributed by atoms with Crippen LogP contribution in [0.1, 0.15) is 73.3 Å². The number of carbonyl (C=O) groups excluding carboxylic acids is 3. The van der Waals surface area contributed by atoms with Gasteiger partial charge >= 0.3 is 17.9 Å². The average molecular weight is 679 g/mol. The van der Waals surface area contributed by atoms with Crippen LogP contribution < -0.4 is 0 Å². The maximum absolute atomic E-state index is 12.6. The van der Waals surface area contributed by atoms with E-state index in [9.17, 15) is 24.6 Å². The van der Waals surface area contributed by atoms with E-state index in [-0.39, 0.29) is 24.0 Å². The second-order valence-electron chi connectivity index (χ2n) is 14.4. The van der Waals surface area contributed by atoms with Crippen LogP contribution in [-0.4, -0.2) is 91.1 Å². The Balaban J connectivity index is 2.06. The number of carbonyl (C=O) groups is 3. The molecule has 2 saturated heterocycles. The molecule has 264 valence electrons. The summed E-state index contributed by atoms with van der Waals surface area (Å²) >= 11 is 0. The predicted octanol–water partition coefficient (Wildman–Crippen LogP) is 4.63. The monoisotopic (exact) mass is 678 g/mol. The SMILES string of the molecule is C=C[C@]1(O)[C@@H](CO)O[C@@]2(CCC[C@@H](OC(C)=O)[C@H](C)Cc3ccccc3)O[C@]1(CO[Si](C)(C)C(C)(C)C)[C@H](OC(C)=O)[C@H]2OC(C)=O. The second-order valence-corrected chi connectivity index (χ2v) is 19.2. The van der Waals surface area contributed by atoms with Crippen molar-refractivity contribution in [1.29, 1.82) is 0 Å². The molecular formula is C35H54O11Si. The summed E-state index contributed by atoms with van der Waals surface area (Å²) in [6.45, 7) is 18.9. The van der Waals surface area contributed by atoms with Gasteiger partial charge in [0.05, 0.1) is 13.2 Å². The van der Waals surface area contributed by atoms with Crippen LogP contribution >= 0.6 is 0 Å². The van der Waals surface area contributed by atoms with Crippen LogP contribution in [0.3, 0.4) is 0 Å². The molecule has 0 aliphatic carbocycles. The van der Waals surface area contributed by atoms with Crippen LogP contribution in [0.5, 0.6) is 0 Å². The Hall–Kier alpha value is -2.61. The number of fused-ring (bicyclic) bond motifs is 2. The van der Waals surface area contributed by atoms with Crippen molar-refractivity contribution in [1.82, 2.24) is 0 Å². The van der Waals surface area contributed by atoms with Gasteiger partial charge in [0.2, 0.25) is 5.79 Å². The summed E-state index contributed by atoms with van der Waals surface area (Å²) < 4.78 is 37.2. The Morgan fingerprint density at radius 3 is 2.15 bits per heavy atom. The minimum Gasteiger partial charge on any atom is -0.462 e. The van der Waals surface area contributed by atoms with Crippen molar-refractivity contribution >= 4 is 26.2 Å². The number of aliphatic hydroxyl groups is 2. The minimum atomic E-state index is -2.52. The molecule has 0 aromatic heterocycles. The summed E-state index contributed by atoms with van der Waals surface area (Å²) in [5, 5.41) is 22.6. The first-order valence-corrected chi connectivity index (χ1v) is 19.2. The molecule has 11 nitrogen and oxygen atoms in total. The molecule has 12 heteroatoms. The Bertz CT molecular complexity index is 1260. The maximum atomic E-state index is 12.6. The van der Waals surface area contributed by atoms with Crippen molar-refractivity contribution < 1.29 is 52.7 Å². The van der Waals surface area contributed by atoms with Crippen molar-refractivity contribution in [2.75, 3.05) is 13.2 Å². The molecule has 0 amide bonds. The number of ether oxygens (including phenoxy) is 5. The number of hydrogen-bond acceptors (Lipinski definition) is 11. The zero-order valence-electron chi connectivity index (χ0n) is 29.4. The smallest absolute Gasteiger partial charge is 0.303 e. The van der Waals surface area contributed by atoms with E-state index in [0.717, 1.165) is 5.56 Å². The van der Waals surface area contributed by atoms with Gasteiger partial charge < -0.3 is 38.3 Å². The first-order valence-electron chi connectivity index (χ1n) is 16.3. The van der Waals surface area contributed by atoms with Gasteiger partial charge in [0.25, 0.3) is 0 Å². The Morgan fingerprint density at radius 2 is 1.64 bits per heavy atom. The van der Waals surface area contributed by atoms with Gasteiger partial charge in [-0.15, -0.1) is 6.58 Å². The summed E-state index contributed by atoms with van der Waals surface area (Å²) in [5.41, 5.74) is -2.91. The van der Waals surface area contributed by atoms with Gasteiger partial charge in [0, 0.05) is 27.2 Å². The molecule has 0 unspecified atom stereocenters. The molecule has 0 radical (unpaired) electrons. The van der Waals surface area contributed by atoms with Crippen LogP contribution in [-0.2, 0) is 48.9 Å². The van der Waals surface area contributed by atoms with Crippen LogP contribution in [0.4, 0.5) is 0 Å². The van der Waals surface area contributed by atoms with E-state index >= 15 is 0 Å². The fraction of sp³-hybridized carbons (Fsp3) is 0.686. The standard InChI is InChI=1S/C35H54O11Si/c1-11-33(40)29(21-36)45-35(19-15-18-28(42-24(3)37)23(2)20-27-16-13-12-14-17-27)31(44-26(5)39)30(43-25(4)38)34(33,46-35)22-41-47(9,10)32(6,7)8/h11-14,16-17,23,28-31,36,40H,1,15,18-22H2,2-10H3/t23-,28-,29-,30-,31-,33+,34-,35+/m1/s1. The molecule has 2 heterocycles. The summed E-state index contributed by atoms with van der Waals surface area (Å²) in [6, 6.07) is 9.89. The van der Waals surface area contributed by atoms with Gasteiger partial charge in [0.1, 0.15) is 17.8 Å². The molecule has 3 rings (SSSR count). The van der Waals surface area contributed by atoms with Crippen LogP contribution in [0, 0.1) is 5.92 Å². The average Bonchev–Trinajstić information content (AvgIpc) is 3.19. The van der Waals surface area contributed by atoms with Gasteiger partial charge in [-0.25, -0.2) is 0 Å². The Labute approximate surface area is 280 Å². The lowest BCUT2D eigenvalue weighted by Gasteiger charge is -2.54. The highest BCUT2D eigenvalue weighted by Gasteiger charge is 2.79. The number of hydrogen-bond donors (Lipinski definition) is 2. The quantitative estimate of drug-likeness (QED) is 0.116. The lowest BCUT2D eigenvalue weighted by molar-refractivity contribution is -0.390. The van der Waals surface area contributed by atoms with Gasteiger partial charge in [-0.1, -0.05) is 64.1 Å². The molecule has 1 aromatic rings. The highest BCUT2D eigenvalue weighted by Crippen LogP contribution is 2.57. The van der Waals surface area contributed by atoms with E-state index in [4.69, 9.17) is 28.1 Å². The van der Waals surface area contributed by atoms with E-state index in [2.05, 4.69) is 27.4 Å². The van der Waals surface area contributed by atoms with Gasteiger partial charge in [-0.3, -0.25) is 14.4 Å². The number of esters is 3. The van der Waals surface area contributed by atoms with Gasteiger partial charge in [-0.05, 0) is 48.9 Å². The normalized spacial score (nSPS) is 30.2. The molecule has 2 fully saturated rings. The zero-order valence-corrected chi connectivity index (χ0v) is 30.4. The number of benzene rings is 1. The summed E-state index contributed by atoms with van der Waals surface area (Å²) in [5.74, 6) is -3.62. The fourth-order valence-corrected chi connectivity index (χ4v) is 7.38. The largest absolute Gasteiger partial charge is 0.462 e. The van der Waals surface area contributed by atoms with Gasteiger partial charge in [0.15, 0.2) is 26.1 Å². The highest BCUT2D eigenvalue weighted by atomic mass is 28.4. The number of aliphatic hydroxyl groups excluding tert-OH is 1. The summed E-state index contributed by atoms with van der Waals surface area (Å²) in [7, 11) is -2.52. The van der Waals surface area contributed by atoms with Crippen LogP contribution in [0.2, 0.25) is 18.1 Å². The first-order chi connectivity index (χ1) is 21.8. The Kier molecular flexibility index (Phi) is 12.3. The second kappa shape index (κ2) is 14.9. The molecule has 0 saturated carbocycles. The van der Waals surface area contributed by atoms with E-state index in [1.165, 1.54) is 26.8 Å². The molecule has 2 aliphatic rings. The molecule has 1 aromatic carbocycles. The van der Waals surface area contributed by atoms with Crippen molar-refractivity contribution in [2.45, 2.75) is 134 Å². The lowest BCUT2D eigenvalue weighted by Crippen LogP contribution is -2.72. The van der Waals surface area contributed by atoms with E-state index in [1.54, 1.807) is 0 Å². The molecule has 47 heavy (non-hydrogen) atoms. The molecule has 8 atom stereocenters. The third kappa shape index (κ3) is 8.17. The van der Waals surface area contributed by atoms with E-state index < -0.39 is 74.2 Å². The van der Waals surface area contributed by atoms with Crippen molar-refractivity contribution in [3.05, 3.63) is 48.6 Å². The van der Waals surface area contributed by atoms with Crippen molar-refractivity contribution in [3.63, 3.8) is 0 Å². The fourth-order valence-electron chi connectivity index (χ4n) is 6.37. The van der Waals surface area contributed by atoms with Gasteiger partial charge in [-0.2, -0.15) is 0 Å². The third-order valence-electron chi connectivity index (χ3n) is 9.92. The highest BCUT2D eigenvalue weighted by molar-refractivity contribution is 6.74. The molecule has 2 N–H and O–H groups in total. The maximum Gasteiger partial charge on any atom is 0.303 e. The van der Waals surface area contributed by atoms with E-state index in [0.29, 0.717) is 19.3 Å². The molecular weight excluding hydrogens is 624 g/mol. The van der Waals surface area contributed by atoms with Crippen molar-refractivity contribution in [3.8, 4) is 0 Å². The Morgan fingerprint density at radius 1 is 1.04 bits per heavy atom. The third-order valence-corrected chi connectivity index (χ3v) is 14.4. The van der Waals surface area contributed by atoms with Crippen LogP contribution in [0.15, 0.2) is 43.0 Å². The molecule has 2 bridgehead atoms.